The smallest absolute Gasteiger partial charge is 0.231 e. The molecular weight excluding hydrogens is 416 g/mol. The van der Waals surface area contributed by atoms with Crippen molar-refractivity contribution in [3.63, 3.8) is 0 Å². The summed E-state index contributed by atoms with van der Waals surface area (Å²) in [5.74, 6) is 1.18. The molecule has 3 aromatic rings. The zero-order valence-corrected chi connectivity index (χ0v) is 17.8. The van der Waals surface area contributed by atoms with Gasteiger partial charge in [-0.25, -0.2) is 0 Å². The van der Waals surface area contributed by atoms with Crippen molar-refractivity contribution < 1.29 is 19.1 Å². The molecule has 6 rings (SSSR count). The van der Waals surface area contributed by atoms with Crippen molar-refractivity contribution in [2.75, 3.05) is 17.4 Å². The lowest BCUT2D eigenvalue weighted by Gasteiger charge is -2.29. The van der Waals surface area contributed by atoms with Gasteiger partial charge in [-0.3, -0.25) is 9.59 Å². The fourth-order valence-corrected chi connectivity index (χ4v) is 4.78. The third kappa shape index (κ3) is 3.44. The molecular formula is C27H22N2O4. The molecule has 33 heavy (non-hydrogen) atoms. The topological polar surface area (TPSA) is 76.7 Å². The Hall–Kier alpha value is -4.06. The average Bonchev–Trinajstić information content (AvgIpc) is 3.25. The molecule has 1 aliphatic carbocycles. The fraction of sp³-hybridized carbons (Fsp3) is 0.185. The SMILES string of the molecule is O=C(c1ccccc1)c1ccc2c(c1)NC1=CCCC(=O)[C@@H]1[C@@H](c1ccc3c(c1)OCO3)N2. The molecule has 0 saturated carbocycles. The Morgan fingerprint density at radius 3 is 2.61 bits per heavy atom. The van der Waals surface area contributed by atoms with Crippen LogP contribution in [0.1, 0.15) is 40.4 Å². The zero-order chi connectivity index (χ0) is 22.4. The third-order valence-electron chi connectivity index (χ3n) is 6.43. The number of hydrogen-bond acceptors (Lipinski definition) is 6. The largest absolute Gasteiger partial charge is 0.454 e. The van der Waals surface area contributed by atoms with Crippen molar-refractivity contribution in [3.05, 3.63) is 95.2 Å². The van der Waals surface area contributed by atoms with E-state index in [1.807, 2.05) is 66.7 Å². The van der Waals surface area contributed by atoms with Crippen LogP contribution in [0.5, 0.6) is 11.5 Å². The molecule has 0 amide bonds. The van der Waals surface area contributed by atoms with Crippen LogP contribution in [-0.4, -0.2) is 18.4 Å². The van der Waals surface area contributed by atoms with Crippen LogP contribution in [0.25, 0.3) is 0 Å². The Bertz CT molecular complexity index is 1300. The Balaban J connectivity index is 1.41. The highest BCUT2D eigenvalue weighted by Crippen LogP contribution is 2.44. The quantitative estimate of drug-likeness (QED) is 0.555. The first-order valence-electron chi connectivity index (χ1n) is 11.1. The number of benzene rings is 3. The van der Waals surface area contributed by atoms with Crippen LogP contribution in [0.2, 0.25) is 0 Å². The molecule has 0 radical (unpaired) electrons. The molecule has 6 heteroatoms. The predicted octanol–water partition coefficient (Wildman–Crippen LogP) is 5.09. The molecule has 0 spiro atoms. The molecule has 3 aliphatic rings. The average molecular weight is 438 g/mol. The summed E-state index contributed by atoms with van der Waals surface area (Å²) in [5, 5.41) is 7.03. The summed E-state index contributed by atoms with van der Waals surface area (Å²) < 4.78 is 11.0. The van der Waals surface area contributed by atoms with E-state index < -0.39 is 0 Å². The number of ether oxygens (including phenoxy) is 2. The number of anilines is 2. The minimum absolute atomic E-state index is 0.0398. The summed E-state index contributed by atoms with van der Waals surface area (Å²) in [5.41, 5.74) is 4.67. The molecule has 2 heterocycles. The molecule has 164 valence electrons. The summed E-state index contributed by atoms with van der Waals surface area (Å²) in [6, 6.07) is 20.3. The van der Waals surface area contributed by atoms with Gasteiger partial charge in [0.1, 0.15) is 5.78 Å². The Labute approximate surface area is 191 Å². The van der Waals surface area contributed by atoms with Gasteiger partial charge < -0.3 is 20.1 Å². The second-order valence-electron chi connectivity index (χ2n) is 8.46. The fourth-order valence-electron chi connectivity index (χ4n) is 4.78. The van der Waals surface area contributed by atoms with Gasteiger partial charge in [-0.15, -0.1) is 0 Å². The van der Waals surface area contributed by atoms with Gasteiger partial charge in [0.25, 0.3) is 0 Å². The van der Waals surface area contributed by atoms with Crippen molar-refractivity contribution in [3.8, 4) is 11.5 Å². The van der Waals surface area contributed by atoms with E-state index >= 15 is 0 Å². The summed E-state index contributed by atoms with van der Waals surface area (Å²) >= 11 is 0. The first kappa shape index (κ1) is 19.6. The van der Waals surface area contributed by atoms with Gasteiger partial charge in [0.15, 0.2) is 17.3 Å². The number of Topliss-reactive ketones (excluding diaryl/α,β-unsaturated/α-hetero) is 1. The van der Waals surface area contributed by atoms with E-state index in [-0.39, 0.29) is 30.3 Å². The van der Waals surface area contributed by atoms with Gasteiger partial charge in [0, 0.05) is 23.2 Å². The van der Waals surface area contributed by atoms with Crippen LogP contribution < -0.4 is 20.1 Å². The molecule has 0 unspecified atom stereocenters. The van der Waals surface area contributed by atoms with Gasteiger partial charge in [-0.1, -0.05) is 42.5 Å². The van der Waals surface area contributed by atoms with Gasteiger partial charge in [0.2, 0.25) is 6.79 Å². The number of rotatable bonds is 3. The van der Waals surface area contributed by atoms with E-state index in [1.54, 1.807) is 0 Å². The summed E-state index contributed by atoms with van der Waals surface area (Å²) in [6.45, 7) is 0.201. The molecule has 0 aromatic heterocycles. The van der Waals surface area contributed by atoms with E-state index in [0.717, 1.165) is 22.6 Å². The van der Waals surface area contributed by atoms with Crippen molar-refractivity contribution in [2.45, 2.75) is 18.9 Å². The monoisotopic (exact) mass is 438 g/mol. The number of nitrogens with one attached hydrogen (secondary N) is 2. The number of allylic oxidation sites excluding steroid dienone is 1. The summed E-state index contributed by atoms with van der Waals surface area (Å²) in [4.78, 5) is 26.1. The highest BCUT2D eigenvalue weighted by atomic mass is 16.7. The van der Waals surface area contributed by atoms with Crippen LogP contribution >= 0.6 is 0 Å². The van der Waals surface area contributed by atoms with E-state index in [9.17, 15) is 9.59 Å². The molecule has 2 atom stereocenters. The van der Waals surface area contributed by atoms with E-state index in [2.05, 4.69) is 16.7 Å². The van der Waals surface area contributed by atoms with Crippen molar-refractivity contribution in [1.29, 1.82) is 0 Å². The predicted molar refractivity (Wildman–Crippen MR) is 125 cm³/mol. The second kappa shape index (κ2) is 7.81. The lowest BCUT2D eigenvalue weighted by molar-refractivity contribution is -0.122. The van der Waals surface area contributed by atoms with Crippen LogP contribution in [0.15, 0.2) is 78.5 Å². The molecule has 3 aromatic carbocycles. The van der Waals surface area contributed by atoms with Gasteiger partial charge in [-0.05, 0) is 42.3 Å². The van der Waals surface area contributed by atoms with Gasteiger partial charge in [0.05, 0.1) is 23.3 Å². The first-order chi connectivity index (χ1) is 16.2. The summed E-state index contributed by atoms with van der Waals surface area (Å²) in [7, 11) is 0. The summed E-state index contributed by atoms with van der Waals surface area (Å²) in [6.07, 6.45) is 3.30. The minimum atomic E-state index is -0.361. The Morgan fingerprint density at radius 2 is 1.73 bits per heavy atom. The first-order valence-corrected chi connectivity index (χ1v) is 11.1. The minimum Gasteiger partial charge on any atom is -0.454 e. The van der Waals surface area contributed by atoms with Crippen LogP contribution in [0.3, 0.4) is 0 Å². The molecule has 0 saturated heterocycles. The molecule has 2 N–H and O–H groups in total. The lowest BCUT2D eigenvalue weighted by Crippen LogP contribution is -2.31. The maximum Gasteiger partial charge on any atom is 0.231 e. The van der Waals surface area contributed by atoms with E-state index in [4.69, 9.17) is 9.47 Å². The molecule has 0 bridgehead atoms. The standard InChI is InChI=1S/C27H22N2O4/c30-22-8-4-7-20-25(22)26(17-10-12-23-24(14-17)33-15-32-23)29-19-11-9-18(13-21(19)28-20)27(31)16-5-2-1-3-6-16/h1-3,5-7,9-14,25-26,28-29H,4,8,15H2/t25-,26-/m1/s1. The number of hydrogen-bond donors (Lipinski definition) is 2. The third-order valence-corrected chi connectivity index (χ3v) is 6.43. The van der Waals surface area contributed by atoms with Crippen LogP contribution in [0.4, 0.5) is 11.4 Å². The Kier molecular flexibility index (Phi) is 4.64. The van der Waals surface area contributed by atoms with Crippen LogP contribution in [0, 0.1) is 5.92 Å². The number of carbonyl (C=O) groups excluding carboxylic acids is 2. The molecule has 0 fully saturated rings. The highest BCUT2D eigenvalue weighted by molar-refractivity contribution is 6.10. The molecule has 2 aliphatic heterocycles. The van der Waals surface area contributed by atoms with Crippen molar-refractivity contribution in [2.24, 2.45) is 5.92 Å². The maximum atomic E-state index is 13.1. The van der Waals surface area contributed by atoms with Crippen molar-refractivity contribution in [1.82, 2.24) is 0 Å². The zero-order valence-electron chi connectivity index (χ0n) is 17.8. The highest BCUT2D eigenvalue weighted by Gasteiger charge is 2.37. The van der Waals surface area contributed by atoms with Crippen molar-refractivity contribution >= 4 is 22.9 Å². The van der Waals surface area contributed by atoms with E-state index in [1.165, 1.54) is 0 Å². The lowest BCUT2D eigenvalue weighted by atomic mass is 9.82. The molecule has 6 nitrogen and oxygen atoms in total. The number of ketones is 2. The normalized spacial score (nSPS) is 20.5. The second-order valence-corrected chi connectivity index (χ2v) is 8.46. The Morgan fingerprint density at radius 1 is 0.879 bits per heavy atom. The van der Waals surface area contributed by atoms with Gasteiger partial charge in [-0.2, -0.15) is 0 Å². The van der Waals surface area contributed by atoms with Gasteiger partial charge >= 0.3 is 0 Å². The number of fused-ring (bicyclic) bond motifs is 3. The number of carbonyl (C=O) groups is 2. The maximum absolute atomic E-state index is 13.1. The van der Waals surface area contributed by atoms with Crippen LogP contribution in [-0.2, 0) is 4.79 Å². The van der Waals surface area contributed by atoms with E-state index in [0.29, 0.717) is 35.5 Å².